The molecule has 0 bridgehead atoms. The maximum Gasteiger partial charge on any atom is 0.418 e. The van der Waals surface area contributed by atoms with E-state index in [4.69, 9.17) is 18.0 Å². The molecule has 10 heteroatoms. The van der Waals surface area contributed by atoms with Gasteiger partial charge in [0, 0.05) is 0 Å². The Balaban J connectivity index is 1.87. The number of hydrogen-bond donors (Lipinski definition) is 3. The van der Waals surface area contributed by atoms with Gasteiger partial charge in [0.1, 0.15) is 0 Å². The molecule has 0 radical (unpaired) electrons. The summed E-state index contributed by atoms with van der Waals surface area (Å²) < 4.78 is 78.8. The highest BCUT2D eigenvalue weighted by atomic mass is 32.1. The van der Waals surface area contributed by atoms with Crippen molar-refractivity contribution in [3.63, 3.8) is 0 Å². The highest BCUT2D eigenvalue weighted by Crippen LogP contribution is 2.42. The van der Waals surface area contributed by atoms with E-state index < -0.39 is 34.9 Å². The molecule has 4 N–H and O–H groups in total. The molecular weight excluding hydrogens is 416 g/mol. The highest BCUT2D eigenvalue weighted by molar-refractivity contribution is 7.80. The zero-order chi connectivity index (χ0) is 21.4. The van der Waals surface area contributed by atoms with E-state index in [2.05, 4.69) is 10.6 Å². The number of hydrogen-bond acceptors (Lipinski definition) is 2. The lowest BCUT2D eigenvalue weighted by atomic mass is 9.88. The third-order valence-electron chi connectivity index (χ3n) is 4.71. The van der Waals surface area contributed by atoms with Crippen molar-refractivity contribution in [2.24, 2.45) is 0 Å². The standard InChI is InChI=1S/C19H17F6N3S/c20-18(21,22)11-8-13(19(23,24)25)16(14(26)9-11)28-17(29)27-15-7-3-5-10-4-1-2-6-12(10)15/h1-2,4,6,8-9,15H,3,5,7,26H2,(H2,27,28,29). The fourth-order valence-corrected chi connectivity index (χ4v) is 3.65. The molecule has 156 valence electrons. The van der Waals surface area contributed by atoms with Gasteiger partial charge in [-0.3, -0.25) is 0 Å². The van der Waals surface area contributed by atoms with Gasteiger partial charge in [0.25, 0.3) is 0 Å². The van der Waals surface area contributed by atoms with Crippen LogP contribution in [0, 0.1) is 0 Å². The molecule has 1 aliphatic rings. The Labute approximate surface area is 168 Å². The normalized spacial score (nSPS) is 16.8. The number of nitrogens with one attached hydrogen (secondary N) is 2. The number of fused-ring (bicyclic) bond motifs is 1. The third kappa shape index (κ3) is 4.75. The van der Waals surface area contributed by atoms with E-state index in [0.29, 0.717) is 12.5 Å². The second-order valence-electron chi connectivity index (χ2n) is 6.73. The first-order chi connectivity index (χ1) is 13.5. The summed E-state index contributed by atoms with van der Waals surface area (Å²) >= 11 is 5.13. The van der Waals surface area contributed by atoms with Gasteiger partial charge in [-0.2, -0.15) is 26.3 Å². The number of rotatable bonds is 2. The van der Waals surface area contributed by atoms with Crippen LogP contribution < -0.4 is 16.4 Å². The molecule has 3 rings (SSSR count). The molecule has 3 nitrogen and oxygen atoms in total. The van der Waals surface area contributed by atoms with Gasteiger partial charge in [0.05, 0.1) is 28.5 Å². The second kappa shape index (κ2) is 7.74. The SMILES string of the molecule is Nc1cc(C(F)(F)F)cc(C(F)(F)F)c1NC(=S)NC1CCCc2ccccc21. The molecule has 1 atom stereocenters. The van der Waals surface area contributed by atoms with Crippen LogP contribution in [-0.4, -0.2) is 5.11 Å². The van der Waals surface area contributed by atoms with Crippen LogP contribution in [0.4, 0.5) is 37.7 Å². The van der Waals surface area contributed by atoms with Crippen molar-refractivity contribution in [3.8, 4) is 0 Å². The molecule has 0 fully saturated rings. The first-order valence-electron chi connectivity index (χ1n) is 8.70. The maximum absolute atomic E-state index is 13.4. The van der Waals surface area contributed by atoms with Crippen molar-refractivity contribution >= 4 is 28.7 Å². The summed E-state index contributed by atoms with van der Waals surface area (Å²) in [7, 11) is 0. The second-order valence-corrected chi connectivity index (χ2v) is 7.13. The topological polar surface area (TPSA) is 50.1 Å². The Bertz CT molecular complexity index is 923. The summed E-state index contributed by atoms with van der Waals surface area (Å²) in [5.74, 6) is 0. The van der Waals surface area contributed by atoms with Gasteiger partial charge in [-0.05, 0) is 54.7 Å². The number of benzene rings is 2. The molecule has 2 aromatic rings. The van der Waals surface area contributed by atoms with Gasteiger partial charge in [-0.1, -0.05) is 24.3 Å². The molecule has 1 unspecified atom stereocenters. The lowest BCUT2D eigenvalue weighted by Gasteiger charge is -2.28. The molecule has 0 saturated carbocycles. The lowest BCUT2D eigenvalue weighted by molar-refractivity contribution is -0.142. The van der Waals surface area contributed by atoms with Crippen LogP contribution in [-0.2, 0) is 18.8 Å². The van der Waals surface area contributed by atoms with E-state index in [-0.39, 0.29) is 17.2 Å². The summed E-state index contributed by atoms with van der Waals surface area (Å²) in [6, 6.07) is 7.89. The first kappa shape index (κ1) is 21.2. The number of nitrogen functional groups attached to an aromatic ring is 1. The minimum Gasteiger partial charge on any atom is -0.397 e. The van der Waals surface area contributed by atoms with Crippen LogP contribution in [0.1, 0.15) is 41.1 Å². The van der Waals surface area contributed by atoms with Crippen LogP contribution >= 0.6 is 12.2 Å². The average Bonchev–Trinajstić information content (AvgIpc) is 2.61. The highest BCUT2D eigenvalue weighted by Gasteiger charge is 2.39. The van der Waals surface area contributed by atoms with E-state index in [1.54, 1.807) is 0 Å². The zero-order valence-electron chi connectivity index (χ0n) is 14.9. The molecule has 0 amide bonds. The lowest BCUT2D eigenvalue weighted by Crippen LogP contribution is -2.35. The van der Waals surface area contributed by atoms with Gasteiger partial charge in [-0.15, -0.1) is 0 Å². The number of halogens is 6. The van der Waals surface area contributed by atoms with Crippen molar-refractivity contribution in [1.29, 1.82) is 0 Å². The zero-order valence-corrected chi connectivity index (χ0v) is 15.7. The Morgan fingerprint density at radius 2 is 1.72 bits per heavy atom. The van der Waals surface area contributed by atoms with Gasteiger partial charge in [0.15, 0.2) is 5.11 Å². The summed E-state index contributed by atoms with van der Waals surface area (Å²) in [5, 5.41) is 5.15. The molecule has 2 aromatic carbocycles. The molecule has 0 spiro atoms. The summed E-state index contributed by atoms with van der Waals surface area (Å²) in [4.78, 5) is 0. The van der Waals surface area contributed by atoms with Crippen LogP contribution in [0.5, 0.6) is 0 Å². The fourth-order valence-electron chi connectivity index (χ4n) is 3.40. The Hall–Kier alpha value is -2.49. The number of thiocarbonyl (C=S) groups is 1. The monoisotopic (exact) mass is 433 g/mol. The van der Waals surface area contributed by atoms with E-state index in [1.165, 1.54) is 0 Å². The Morgan fingerprint density at radius 3 is 2.38 bits per heavy atom. The van der Waals surface area contributed by atoms with Crippen molar-refractivity contribution in [3.05, 3.63) is 58.7 Å². The molecule has 0 saturated heterocycles. The van der Waals surface area contributed by atoms with Crippen LogP contribution in [0.2, 0.25) is 0 Å². The quantitative estimate of drug-likeness (QED) is 0.325. The van der Waals surface area contributed by atoms with Crippen molar-refractivity contribution in [2.75, 3.05) is 11.1 Å². The molecule has 0 aromatic heterocycles. The van der Waals surface area contributed by atoms with Crippen LogP contribution in [0.25, 0.3) is 0 Å². The largest absolute Gasteiger partial charge is 0.418 e. The molecule has 0 aliphatic heterocycles. The minimum absolute atomic E-state index is 0.0250. The van der Waals surface area contributed by atoms with Gasteiger partial charge in [-0.25, -0.2) is 0 Å². The van der Waals surface area contributed by atoms with Crippen LogP contribution in [0.15, 0.2) is 36.4 Å². The average molecular weight is 433 g/mol. The molecule has 29 heavy (non-hydrogen) atoms. The maximum atomic E-state index is 13.4. The van der Waals surface area contributed by atoms with Gasteiger partial charge < -0.3 is 16.4 Å². The Kier molecular flexibility index (Phi) is 5.66. The number of anilines is 2. The number of alkyl halides is 6. The van der Waals surface area contributed by atoms with Crippen molar-refractivity contribution < 1.29 is 26.3 Å². The fraction of sp³-hybridized carbons (Fsp3) is 0.316. The van der Waals surface area contributed by atoms with Crippen molar-refractivity contribution in [2.45, 2.75) is 37.7 Å². The van der Waals surface area contributed by atoms with E-state index in [1.807, 2.05) is 24.3 Å². The van der Waals surface area contributed by atoms with Gasteiger partial charge >= 0.3 is 12.4 Å². The summed E-state index contributed by atoms with van der Waals surface area (Å²) in [6.07, 6.45) is -7.54. The third-order valence-corrected chi connectivity index (χ3v) is 4.93. The van der Waals surface area contributed by atoms with Gasteiger partial charge in [0.2, 0.25) is 0 Å². The molecule has 0 heterocycles. The summed E-state index contributed by atoms with van der Waals surface area (Å²) in [5.41, 5.74) is 3.22. The predicted octanol–water partition coefficient (Wildman–Crippen LogP) is 5.67. The predicted molar refractivity (Wildman–Crippen MR) is 102 cm³/mol. The van der Waals surface area contributed by atoms with E-state index >= 15 is 0 Å². The van der Waals surface area contributed by atoms with Crippen LogP contribution in [0.3, 0.4) is 0 Å². The van der Waals surface area contributed by atoms with E-state index in [0.717, 1.165) is 24.0 Å². The molecular formula is C19H17F6N3S. The number of aryl methyl sites for hydroxylation is 1. The summed E-state index contributed by atoms with van der Waals surface area (Å²) in [6.45, 7) is 0. The minimum atomic E-state index is -5.05. The smallest absolute Gasteiger partial charge is 0.397 e. The molecule has 1 aliphatic carbocycles. The number of nitrogens with two attached hydrogens (primary N) is 1. The van der Waals surface area contributed by atoms with E-state index in [9.17, 15) is 26.3 Å². The Morgan fingerprint density at radius 1 is 1.03 bits per heavy atom. The first-order valence-corrected chi connectivity index (χ1v) is 9.11. The van der Waals surface area contributed by atoms with Crippen molar-refractivity contribution in [1.82, 2.24) is 5.32 Å².